The van der Waals surface area contributed by atoms with E-state index in [4.69, 9.17) is 10.4 Å². The lowest BCUT2D eigenvalue weighted by Gasteiger charge is -2.22. The summed E-state index contributed by atoms with van der Waals surface area (Å²) in [6.07, 6.45) is 9.90. The van der Waals surface area contributed by atoms with Gasteiger partial charge in [0.05, 0.1) is 22.1 Å². The molecule has 8 heteroatoms. The third-order valence-electron chi connectivity index (χ3n) is 6.44. The van der Waals surface area contributed by atoms with Crippen molar-refractivity contribution in [2.75, 3.05) is 0 Å². The number of pyridine rings is 1. The molecule has 0 spiro atoms. The molecule has 1 aliphatic carbocycles. The van der Waals surface area contributed by atoms with Gasteiger partial charge in [0, 0.05) is 41.4 Å². The molecule has 0 amide bonds. The van der Waals surface area contributed by atoms with Crippen molar-refractivity contribution < 1.29 is 19.5 Å². The molecule has 0 bridgehead atoms. The first kappa shape index (κ1) is 23.4. The Hall–Kier alpha value is -2.73. The van der Waals surface area contributed by atoms with Crippen LogP contribution in [0.25, 0.3) is 27.7 Å². The molecule has 33 heavy (non-hydrogen) atoms. The Morgan fingerprint density at radius 1 is 1.15 bits per heavy atom. The molecule has 1 saturated carbocycles. The van der Waals surface area contributed by atoms with E-state index in [9.17, 15) is 19.5 Å². The lowest BCUT2D eigenvalue weighted by atomic mass is 9.89. The first-order chi connectivity index (χ1) is 15.6. The molecule has 0 saturated heterocycles. The number of benzene rings is 1. The summed E-state index contributed by atoms with van der Waals surface area (Å²) in [5, 5.41) is 18.2. The van der Waals surface area contributed by atoms with Crippen molar-refractivity contribution in [3.63, 3.8) is 0 Å². The number of aromatic nitrogens is 2. The number of allylic oxidation sites excluding steroid dienone is 2. The van der Waals surface area contributed by atoms with Gasteiger partial charge >= 0.3 is 7.60 Å². The zero-order valence-electron chi connectivity index (χ0n) is 19.0. The molecular weight excluding hydrogens is 437 g/mol. The number of aliphatic hydroxyl groups is 1. The minimum Gasteiger partial charge on any atom is -0.512 e. The van der Waals surface area contributed by atoms with Gasteiger partial charge in [-0.3, -0.25) is 9.55 Å². The lowest BCUT2D eigenvalue weighted by molar-refractivity contribution is 0.322. The van der Waals surface area contributed by atoms with Crippen molar-refractivity contribution in [3.8, 4) is 11.1 Å². The van der Waals surface area contributed by atoms with E-state index in [0.717, 1.165) is 28.7 Å². The fraction of sp³-hybridized carbons (Fsp3) is 0.360. The second kappa shape index (κ2) is 9.26. The van der Waals surface area contributed by atoms with Crippen molar-refractivity contribution in [1.82, 2.24) is 9.55 Å². The summed E-state index contributed by atoms with van der Waals surface area (Å²) < 4.78 is 13.8. The summed E-state index contributed by atoms with van der Waals surface area (Å²) in [4.78, 5) is 23.6. The maximum atomic E-state index is 11.6. The van der Waals surface area contributed by atoms with E-state index in [1.807, 2.05) is 6.07 Å². The van der Waals surface area contributed by atoms with Crippen LogP contribution in [0, 0.1) is 11.3 Å². The number of aliphatic hydroxyl groups excluding tert-OH is 1. The van der Waals surface area contributed by atoms with E-state index >= 15 is 0 Å². The Bertz CT molecular complexity index is 1260. The highest BCUT2D eigenvalue weighted by atomic mass is 31.2. The normalized spacial score (nSPS) is 16.1. The average molecular weight is 468 g/mol. The third kappa shape index (κ3) is 4.96. The largest absolute Gasteiger partial charge is 0.512 e. The van der Waals surface area contributed by atoms with Crippen LogP contribution in [-0.4, -0.2) is 30.2 Å². The Morgan fingerprint density at radius 2 is 1.82 bits per heavy atom. The van der Waals surface area contributed by atoms with Gasteiger partial charge in [0.2, 0.25) is 0 Å². The van der Waals surface area contributed by atoms with Gasteiger partial charge in [0.25, 0.3) is 0 Å². The molecule has 2 heterocycles. The summed E-state index contributed by atoms with van der Waals surface area (Å²) in [5.41, 5.74) is 4.88. The van der Waals surface area contributed by atoms with Crippen LogP contribution in [0.15, 0.2) is 48.5 Å². The molecule has 0 radical (unpaired) electrons. The standard InChI is InChI=1S/C25H30N3O4P/c1-16(26)24(17(2)29)20-12-23-25(27-13-20)22(15-28(23)14-18-6-4-3-5-7-18)19-8-10-21(11-9-19)33(30,31)32/h8-13,15,18,26,29H,3-7,14H2,1-2H3,(H2,30,31,32)/b24-17+,26-16?. The average Bonchev–Trinajstić information content (AvgIpc) is 3.11. The zero-order valence-corrected chi connectivity index (χ0v) is 19.8. The summed E-state index contributed by atoms with van der Waals surface area (Å²) in [6, 6.07) is 8.33. The predicted molar refractivity (Wildman–Crippen MR) is 132 cm³/mol. The highest BCUT2D eigenvalue weighted by Gasteiger charge is 2.21. The maximum Gasteiger partial charge on any atom is 0.356 e. The van der Waals surface area contributed by atoms with Crippen LogP contribution >= 0.6 is 7.60 Å². The quantitative estimate of drug-likeness (QED) is 0.219. The minimum atomic E-state index is -4.30. The van der Waals surface area contributed by atoms with Crippen LogP contribution in [0.5, 0.6) is 0 Å². The topological polar surface area (TPSA) is 119 Å². The first-order valence-corrected chi connectivity index (χ1v) is 12.9. The molecule has 2 aromatic heterocycles. The van der Waals surface area contributed by atoms with Gasteiger partial charge in [0.1, 0.15) is 0 Å². The second-order valence-electron chi connectivity index (χ2n) is 8.97. The molecule has 3 aromatic rings. The number of hydrogen-bond acceptors (Lipinski definition) is 4. The van der Waals surface area contributed by atoms with E-state index in [1.165, 1.54) is 44.2 Å². The molecule has 174 valence electrons. The predicted octanol–water partition coefficient (Wildman–Crippen LogP) is 5.42. The van der Waals surface area contributed by atoms with Crippen LogP contribution in [0.1, 0.15) is 51.5 Å². The lowest BCUT2D eigenvalue weighted by Crippen LogP contribution is -2.13. The van der Waals surface area contributed by atoms with Crippen molar-refractivity contribution in [2.45, 2.75) is 52.5 Å². The molecule has 0 unspecified atom stereocenters. The third-order valence-corrected chi connectivity index (χ3v) is 7.41. The first-order valence-electron chi connectivity index (χ1n) is 11.3. The van der Waals surface area contributed by atoms with Crippen molar-refractivity contribution in [3.05, 3.63) is 54.0 Å². The van der Waals surface area contributed by atoms with Crippen LogP contribution < -0.4 is 5.30 Å². The summed E-state index contributed by atoms with van der Waals surface area (Å²) in [5.74, 6) is 0.671. The van der Waals surface area contributed by atoms with Gasteiger partial charge in [-0.1, -0.05) is 31.4 Å². The van der Waals surface area contributed by atoms with Gasteiger partial charge in [-0.05, 0) is 56.4 Å². The SMILES string of the molecule is CC(=N)/C(=C(/C)O)c1cnc2c(-c3ccc(P(=O)(O)O)cc3)cn(CC3CCCCC3)c2c1. The highest BCUT2D eigenvalue weighted by molar-refractivity contribution is 7.60. The summed E-state index contributed by atoms with van der Waals surface area (Å²) >= 11 is 0. The van der Waals surface area contributed by atoms with Gasteiger partial charge in [0.15, 0.2) is 0 Å². The molecule has 1 aromatic carbocycles. The number of hydrogen-bond donors (Lipinski definition) is 4. The monoisotopic (exact) mass is 467 g/mol. The zero-order chi connectivity index (χ0) is 23.8. The number of nitrogens with one attached hydrogen (secondary N) is 1. The maximum absolute atomic E-state index is 11.6. The minimum absolute atomic E-state index is 0.0119. The molecule has 1 aliphatic rings. The molecule has 7 nitrogen and oxygen atoms in total. The Balaban J connectivity index is 1.84. The number of nitrogens with zero attached hydrogens (tertiary/aromatic N) is 2. The van der Waals surface area contributed by atoms with E-state index < -0.39 is 7.60 Å². The van der Waals surface area contributed by atoms with E-state index in [-0.39, 0.29) is 16.8 Å². The fourth-order valence-electron chi connectivity index (χ4n) is 4.84. The highest BCUT2D eigenvalue weighted by Crippen LogP contribution is 2.36. The summed E-state index contributed by atoms with van der Waals surface area (Å²) in [6.45, 7) is 4.09. The van der Waals surface area contributed by atoms with E-state index in [2.05, 4.69) is 10.8 Å². The van der Waals surface area contributed by atoms with Crippen molar-refractivity contribution in [2.24, 2.45) is 5.92 Å². The Labute approximate surface area is 193 Å². The molecule has 0 atom stereocenters. The molecule has 4 N–H and O–H groups in total. The molecule has 4 rings (SSSR count). The van der Waals surface area contributed by atoms with Gasteiger partial charge in [-0.25, -0.2) is 0 Å². The fourth-order valence-corrected chi connectivity index (χ4v) is 5.38. The second-order valence-corrected chi connectivity index (χ2v) is 10.6. The smallest absolute Gasteiger partial charge is 0.356 e. The van der Waals surface area contributed by atoms with E-state index in [1.54, 1.807) is 32.2 Å². The number of fused-ring (bicyclic) bond motifs is 1. The molecule has 1 fully saturated rings. The van der Waals surface area contributed by atoms with Crippen molar-refractivity contribution in [1.29, 1.82) is 5.41 Å². The van der Waals surface area contributed by atoms with Crippen LogP contribution in [0.3, 0.4) is 0 Å². The summed E-state index contributed by atoms with van der Waals surface area (Å²) in [7, 11) is -4.30. The van der Waals surface area contributed by atoms with Gasteiger partial charge in [-0.2, -0.15) is 0 Å². The van der Waals surface area contributed by atoms with Crippen LogP contribution in [0.4, 0.5) is 0 Å². The van der Waals surface area contributed by atoms with Crippen molar-refractivity contribution >= 4 is 35.2 Å². The van der Waals surface area contributed by atoms with Crippen LogP contribution in [0.2, 0.25) is 0 Å². The van der Waals surface area contributed by atoms with Crippen LogP contribution in [-0.2, 0) is 11.1 Å². The molecule has 0 aliphatic heterocycles. The van der Waals surface area contributed by atoms with Gasteiger partial charge in [-0.15, -0.1) is 0 Å². The Morgan fingerprint density at radius 3 is 2.39 bits per heavy atom. The Kier molecular flexibility index (Phi) is 6.57. The van der Waals surface area contributed by atoms with Gasteiger partial charge < -0.3 is 24.9 Å². The number of rotatable bonds is 6. The molecular formula is C25H30N3O4P. The van der Waals surface area contributed by atoms with E-state index in [0.29, 0.717) is 17.1 Å².